The number of piperidine rings is 1. The minimum Gasteiger partial charge on any atom is -0.451 e. The van der Waals surface area contributed by atoms with Crippen LogP contribution in [0.4, 0.5) is 0 Å². The molecule has 1 aliphatic heterocycles. The summed E-state index contributed by atoms with van der Waals surface area (Å²) < 4.78 is 6.76. The first-order chi connectivity index (χ1) is 12.0. The van der Waals surface area contributed by atoms with Crippen LogP contribution >= 0.6 is 0 Å². The number of carbonyl (C=O) groups excluding carboxylic acids is 2. The molecule has 2 aromatic rings. The number of ether oxygens (including phenoxy) is 1. The maximum atomic E-state index is 12.3. The van der Waals surface area contributed by atoms with Crippen molar-refractivity contribution in [2.45, 2.75) is 20.3 Å². The Morgan fingerprint density at radius 1 is 1.12 bits per heavy atom. The lowest BCUT2D eigenvalue weighted by Crippen LogP contribution is -2.44. The highest BCUT2D eigenvalue weighted by Crippen LogP contribution is 2.21. The number of aromatic nitrogens is 2. The van der Waals surface area contributed by atoms with E-state index in [0.29, 0.717) is 11.8 Å². The van der Waals surface area contributed by atoms with Crippen molar-refractivity contribution in [3.05, 3.63) is 48.3 Å². The van der Waals surface area contributed by atoms with E-state index in [9.17, 15) is 9.59 Å². The molecule has 1 fully saturated rings. The van der Waals surface area contributed by atoms with E-state index in [1.807, 2.05) is 30.3 Å². The van der Waals surface area contributed by atoms with Crippen LogP contribution in [0.1, 0.15) is 30.8 Å². The molecule has 25 heavy (non-hydrogen) atoms. The number of rotatable bonds is 4. The molecule has 0 saturated carbocycles. The van der Waals surface area contributed by atoms with Crippen LogP contribution < -0.4 is 0 Å². The predicted molar refractivity (Wildman–Crippen MR) is 93.4 cm³/mol. The summed E-state index contributed by atoms with van der Waals surface area (Å²) in [6.45, 7) is 5.49. The average molecular weight is 341 g/mol. The van der Waals surface area contributed by atoms with Gasteiger partial charge >= 0.3 is 5.97 Å². The van der Waals surface area contributed by atoms with E-state index >= 15 is 0 Å². The van der Waals surface area contributed by atoms with Gasteiger partial charge in [-0.3, -0.25) is 4.79 Å². The van der Waals surface area contributed by atoms with Crippen LogP contribution in [0.25, 0.3) is 5.69 Å². The Hall–Kier alpha value is -2.63. The summed E-state index contributed by atoms with van der Waals surface area (Å²) in [5, 5.41) is 4.21. The number of para-hydroxylation sites is 1. The van der Waals surface area contributed by atoms with Crippen molar-refractivity contribution in [3.8, 4) is 5.69 Å². The van der Waals surface area contributed by atoms with Gasteiger partial charge in [0.15, 0.2) is 12.3 Å². The smallest absolute Gasteiger partial charge is 0.359 e. The van der Waals surface area contributed by atoms with Gasteiger partial charge < -0.3 is 9.64 Å². The zero-order valence-electron chi connectivity index (χ0n) is 14.6. The van der Waals surface area contributed by atoms with Crippen molar-refractivity contribution in [3.63, 3.8) is 0 Å². The number of benzene rings is 1. The summed E-state index contributed by atoms with van der Waals surface area (Å²) in [6.07, 6.45) is 2.82. The van der Waals surface area contributed by atoms with E-state index in [-0.39, 0.29) is 18.2 Å². The minimum atomic E-state index is -0.582. The van der Waals surface area contributed by atoms with Crippen LogP contribution in [0.5, 0.6) is 0 Å². The lowest BCUT2D eigenvalue weighted by molar-refractivity contribution is -0.137. The van der Waals surface area contributed by atoms with E-state index < -0.39 is 5.97 Å². The topological polar surface area (TPSA) is 64.4 Å². The molecule has 1 aromatic carbocycles. The highest BCUT2D eigenvalue weighted by atomic mass is 16.5. The van der Waals surface area contributed by atoms with Crippen molar-refractivity contribution >= 4 is 11.9 Å². The third-order valence-electron chi connectivity index (χ3n) is 4.37. The molecule has 0 spiro atoms. The Morgan fingerprint density at radius 2 is 1.80 bits per heavy atom. The second-order valence-electron chi connectivity index (χ2n) is 6.80. The highest BCUT2D eigenvalue weighted by molar-refractivity contribution is 5.89. The Balaban J connectivity index is 1.56. The van der Waals surface area contributed by atoms with E-state index in [2.05, 4.69) is 18.9 Å². The van der Waals surface area contributed by atoms with Crippen LogP contribution in [0.3, 0.4) is 0 Å². The Kier molecular flexibility index (Phi) is 5.16. The molecule has 132 valence electrons. The summed E-state index contributed by atoms with van der Waals surface area (Å²) in [6, 6.07) is 11.1. The second kappa shape index (κ2) is 7.51. The van der Waals surface area contributed by atoms with Gasteiger partial charge in [0.1, 0.15) is 0 Å². The molecule has 6 nitrogen and oxygen atoms in total. The number of nitrogens with zero attached hydrogens (tertiary/aromatic N) is 3. The molecule has 1 saturated heterocycles. The molecule has 0 N–H and O–H groups in total. The zero-order chi connectivity index (χ0) is 17.8. The van der Waals surface area contributed by atoms with E-state index in [0.717, 1.165) is 25.2 Å². The van der Waals surface area contributed by atoms with Gasteiger partial charge in [-0.15, -0.1) is 0 Å². The first-order valence-corrected chi connectivity index (χ1v) is 8.59. The molecule has 2 atom stereocenters. The average Bonchev–Trinajstić information content (AvgIpc) is 3.09. The fraction of sp³-hybridized carbons (Fsp3) is 0.421. The lowest BCUT2D eigenvalue weighted by atomic mass is 9.92. The monoisotopic (exact) mass is 341 g/mol. The van der Waals surface area contributed by atoms with E-state index in [4.69, 9.17) is 4.74 Å². The molecule has 1 amide bonds. The van der Waals surface area contributed by atoms with Gasteiger partial charge in [0, 0.05) is 19.3 Å². The van der Waals surface area contributed by atoms with Gasteiger partial charge in [0.05, 0.1) is 5.69 Å². The minimum absolute atomic E-state index is 0.144. The number of amides is 1. The van der Waals surface area contributed by atoms with Gasteiger partial charge in [-0.1, -0.05) is 32.0 Å². The van der Waals surface area contributed by atoms with Crippen molar-refractivity contribution < 1.29 is 14.3 Å². The zero-order valence-corrected chi connectivity index (χ0v) is 14.6. The standard InChI is InChI=1S/C19H23N3O3/c1-14-10-15(2)12-21(11-14)18(23)13-25-19(24)17-8-9-22(20-17)16-6-4-3-5-7-16/h3-9,14-15H,10-13H2,1-2H3/t14-,15-/m0/s1. The summed E-state index contributed by atoms with van der Waals surface area (Å²) >= 11 is 0. The Bertz CT molecular complexity index is 731. The van der Waals surface area contributed by atoms with Crippen molar-refractivity contribution in [2.75, 3.05) is 19.7 Å². The molecule has 0 unspecified atom stereocenters. The molecule has 3 rings (SSSR count). The summed E-state index contributed by atoms with van der Waals surface area (Å²) in [5.41, 5.74) is 1.05. The van der Waals surface area contributed by atoms with Crippen LogP contribution in [0.2, 0.25) is 0 Å². The van der Waals surface area contributed by atoms with Gasteiger partial charge in [0.25, 0.3) is 5.91 Å². The largest absolute Gasteiger partial charge is 0.451 e. The van der Waals surface area contributed by atoms with E-state index in [1.165, 1.54) is 0 Å². The third-order valence-corrected chi connectivity index (χ3v) is 4.37. The molecule has 1 aliphatic rings. The molecule has 1 aromatic heterocycles. The molecule has 6 heteroatoms. The number of carbonyl (C=O) groups is 2. The lowest BCUT2D eigenvalue weighted by Gasteiger charge is -2.34. The maximum absolute atomic E-state index is 12.3. The molecule has 0 radical (unpaired) electrons. The van der Waals surface area contributed by atoms with Gasteiger partial charge in [-0.2, -0.15) is 5.10 Å². The first-order valence-electron chi connectivity index (χ1n) is 8.59. The molecular formula is C19H23N3O3. The summed E-state index contributed by atoms with van der Waals surface area (Å²) in [4.78, 5) is 26.2. The quantitative estimate of drug-likeness (QED) is 0.802. The molecule has 0 aliphatic carbocycles. The molecular weight excluding hydrogens is 318 g/mol. The van der Waals surface area contributed by atoms with Crippen LogP contribution in [-0.4, -0.2) is 46.3 Å². The van der Waals surface area contributed by atoms with Gasteiger partial charge in [-0.05, 0) is 36.5 Å². The summed E-state index contributed by atoms with van der Waals surface area (Å²) in [7, 11) is 0. The Labute approximate surface area is 147 Å². The fourth-order valence-electron chi connectivity index (χ4n) is 3.32. The number of hydrogen-bond donors (Lipinski definition) is 0. The summed E-state index contributed by atoms with van der Waals surface area (Å²) in [5.74, 6) is 0.227. The van der Waals surface area contributed by atoms with Gasteiger partial charge in [-0.25, -0.2) is 9.48 Å². The normalized spacial score (nSPS) is 20.3. The Morgan fingerprint density at radius 3 is 2.48 bits per heavy atom. The SMILES string of the molecule is C[C@H]1C[C@H](C)CN(C(=O)COC(=O)c2ccn(-c3ccccc3)n2)C1. The second-order valence-corrected chi connectivity index (χ2v) is 6.80. The van der Waals surface area contributed by atoms with Crippen molar-refractivity contribution in [1.82, 2.24) is 14.7 Å². The number of likely N-dealkylation sites (tertiary alicyclic amines) is 1. The number of esters is 1. The first kappa shape index (κ1) is 17.2. The molecule has 0 bridgehead atoms. The fourth-order valence-corrected chi connectivity index (χ4v) is 3.32. The van der Waals surface area contributed by atoms with E-state index in [1.54, 1.807) is 21.8 Å². The highest BCUT2D eigenvalue weighted by Gasteiger charge is 2.26. The third kappa shape index (κ3) is 4.26. The van der Waals surface area contributed by atoms with Crippen molar-refractivity contribution in [2.24, 2.45) is 11.8 Å². The maximum Gasteiger partial charge on any atom is 0.359 e. The molecule has 2 heterocycles. The van der Waals surface area contributed by atoms with Gasteiger partial charge in [0.2, 0.25) is 0 Å². The van der Waals surface area contributed by atoms with Crippen LogP contribution in [0.15, 0.2) is 42.6 Å². The number of hydrogen-bond acceptors (Lipinski definition) is 4. The van der Waals surface area contributed by atoms with Crippen LogP contribution in [-0.2, 0) is 9.53 Å². The van der Waals surface area contributed by atoms with Crippen molar-refractivity contribution in [1.29, 1.82) is 0 Å². The van der Waals surface area contributed by atoms with Crippen LogP contribution in [0, 0.1) is 11.8 Å². The predicted octanol–water partition coefficient (Wildman–Crippen LogP) is 2.53.